The minimum Gasteiger partial charge on any atom is -0.368 e. The molecule has 1 unspecified atom stereocenters. The molecule has 5 heterocycles. The predicted molar refractivity (Wildman–Crippen MR) is 103 cm³/mol. The van der Waals surface area contributed by atoms with Crippen molar-refractivity contribution >= 4 is 28.0 Å². The van der Waals surface area contributed by atoms with Crippen LogP contribution in [0.25, 0.3) is 5.65 Å². The van der Waals surface area contributed by atoms with Crippen LogP contribution in [0.1, 0.15) is 29.1 Å². The van der Waals surface area contributed by atoms with Crippen LogP contribution in [-0.2, 0) is 29.0 Å². The van der Waals surface area contributed by atoms with Crippen LogP contribution in [0.3, 0.4) is 0 Å². The van der Waals surface area contributed by atoms with E-state index >= 15 is 0 Å². The number of ether oxygens (including phenoxy) is 1. The Labute approximate surface area is 161 Å². The third kappa shape index (κ3) is 3.47. The van der Waals surface area contributed by atoms with Gasteiger partial charge in [-0.3, -0.25) is 15.0 Å². The van der Waals surface area contributed by atoms with Crippen LogP contribution >= 0.6 is 11.3 Å². The first-order chi connectivity index (χ1) is 13.2. The molecular weight excluding hydrogens is 362 g/mol. The van der Waals surface area contributed by atoms with E-state index < -0.39 is 0 Å². The number of nitrogens with zero attached hydrogens (tertiary/aromatic N) is 4. The van der Waals surface area contributed by atoms with Crippen molar-refractivity contribution in [3.05, 3.63) is 46.9 Å². The molecule has 2 aliphatic rings. The van der Waals surface area contributed by atoms with Crippen molar-refractivity contribution in [1.29, 1.82) is 0 Å². The van der Waals surface area contributed by atoms with E-state index in [1.807, 2.05) is 24.4 Å². The van der Waals surface area contributed by atoms with Gasteiger partial charge in [0, 0.05) is 49.9 Å². The van der Waals surface area contributed by atoms with Gasteiger partial charge in [0.15, 0.2) is 5.13 Å². The molecule has 1 amide bonds. The minimum atomic E-state index is -0.322. The van der Waals surface area contributed by atoms with Gasteiger partial charge in [0.1, 0.15) is 11.8 Å². The Balaban J connectivity index is 1.25. The van der Waals surface area contributed by atoms with E-state index in [9.17, 15) is 4.79 Å². The number of thiazole rings is 1. The van der Waals surface area contributed by atoms with Gasteiger partial charge in [0.2, 0.25) is 0 Å². The summed E-state index contributed by atoms with van der Waals surface area (Å²) in [7, 11) is 0. The average Bonchev–Trinajstić information content (AvgIpc) is 3.40. The summed E-state index contributed by atoms with van der Waals surface area (Å²) in [5.41, 5.74) is 3.15. The Morgan fingerprint density at radius 2 is 2.33 bits per heavy atom. The van der Waals surface area contributed by atoms with E-state index in [1.165, 1.54) is 4.88 Å². The third-order valence-corrected chi connectivity index (χ3v) is 6.06. The molecule has 7 nitrogen and oxygen atoms in total. The van der Waals surface area contributed by atoms with E-state index in [1.54, 1.807) is 11.3 Å². The van der Waals surface area contributed by atoms with Crippen LogP contribution in [0, 0.1) is 0 Å². The second kappa shape index (κ2) is 7.03. The number of amides is 1. The highest BCUT2D eigenvalue weighted by molar-refractivity contribution is 7.15. The summed E-state index contributed by atoms with van der Waals surface area (Å²) < 4.78 is 7.50. The van der Waals surface area contributed by atoms with E-state index in [2.05, 4.69) is 30.8 Å². The smallest absolute Gasteiger partial charge is 0.255 e. The van der Waals surface area contributed by atoms with Gasteiger partial charge in [-0.15, -0.1) is 11.3 Å². The number of imidazole rings is 1. The summed E-state index contributed by atoms with van der Waals surface area (Å²) >= 11 is 1.58. The zero-order valence-corrected chi connectivity index (χ0v) is 15.7. The molecule has 0 spiro atoms. The van der Waals surface area contributed by atoms with Crippen LogP contribution < -0.4 is 5.32 Å². The fourth-order valence-electron chi connectivity index (χ4n) is 3.70. The molecule has 5 rings (SSSR count). The van der Waals surface area contributed by atoms with Crippen molar-refractivity contribution in [3.63, 3.8) is 0 Å². The number of hydrogen-bond donors (Lipinski definition) is 1. The molecule has 0 radical (unpaired) electrons. The average molecular weight is 383 g/mol. The first kappa shape index (κ1) is 16.9. The summed E-state index contributed by atoms with van der Waals surface area (Å²) in [6.07, 6.45) is 6.43. The van der Waals surface area contributed by atoms with Crippen molar-refractivity contribution in [2.24, 2.45) is 0 Å². The number of hydrogen-bond acceptors (Lipinski definition) is 6. The lowest BCUT2D eigenvalue weighted by Gasteiger charge is -2.24. The van der Waals surface area contributed by atoms with Gasteiger partial charge < -0.3 is 9.14 Å². The lowest BCUT2D eigenvalue weighted by molar-refractivity contribution is -0.124. The molecule has 1 fully saturated rings. The van der Waals surface area contributed by atoms with Crippen LogP contribution in [0.2, 0.25) is 0 Å². The van der Waals surface area contributed by atoms with Crippen molar-refractivity contribution in [1.82, 2.24) is 19.3 Å². The van der Waals surface area contributed by atoms with E-state index in [4.69, 9.17) is 4.74 Å². The first-order valence-electron chi connectivity index (χ1n) is 9.30. The SMILES string of the molecule is O=C(Nc1nc2c(s1)CN(Cc1cn3ccccc3n1)CC2)C1CCCO1. The molecule has 1 N–H and O–H groups in total. The number of carbonyl (C=O) groups is 1. The zero-order valence-electron chi connectivity index (χ0n) is 14.9. The predicted octanol–water partition coefficient (Wildman–Crippen LogP) is 2.47. The van der Waals surface area contributed by atoms with Gasteiger partial charge in [0.25, 0.3) is 5.91 Å². The zero-order chi connectivity index (χ0) is 18.2. The Hall–Kier alpha value is -2.29. The molecule has 1 atom stereocenters. The highest BCUT2D eigenvalue weighted by atomic mass is 32.1. The maximum absolute atomic E-state index is 12.2. The summed E-state index contributed by atoms with van der Waals surface area (Å²) in [4.78, 5) is 25.2. The standard InChI is InChI=1S/C19H21N5O2S/c25-18(15-4-3-9-26-15)22-19-21-14-6-8-23(12-16(14)27-19)10-13-11-24-7-2-1-5-17(24)20-13/h1-2,5,7,11,15H,3-4,6,8-10,12H2,(H,21,22,25). The number of pyridine rings is 1. The Bertz CT molecular complexity index is 943. The van der Waals surface area contributed by atoms with Crippen LogP contribution in [0.4, 0.5) is 5.13 Å². The Morgan fingerprint density at radius 1 is 1.37 bits per heavy atom. The second-order valence-corrected chi connectivity index (χ2v) is 8.12. The molecule has 1 saturated heterocycles. The number of aromatic nitrogens is 3. The number of rotatable bonds is 4. The second-order valence-electron chi connectivity index (χ2n) is 7.04. The molecule has 8 heteroatoms. The van der Waals surface area contributed by atoms with Crippen molar-refractivity contribution in [3.8, 4) is 0 Å². The minimum absolute atomic E-state index is 0.0693. The topological polar surface area (TPSA) is 71.8 Å². The molecule has 0 aromatic carbocycles. The summed E-state index contributed by atoms with van der Waals surface area (Å²) in [5.74, 6) is -0.0693. The lowest BCUT2D eigenvalue weighted by atomic mass is 10.2. The summed E-state index contributed by atoms with van der Waals surface area (Å²) in [6.45, 7) is 3.28. The molecule has 0 aliphatic carbocycles. The van der Waals surface area contributed by atoms with Crippen molar-refractivity contribution in [2.75, 3.05) is 18.5 Å². The number of carbonyl (C=O) groups excluding carboxylic acids is 1. The maximum atomic E-state index is 12.2. The van der Waals surface area contributed by atoms with Gasteiger partial charge in [-0.25, -0.2) is 9.97 Å². The summed E-state index contributed by atoms with van der Waals surface area (Å²) in [6, 6.07) is 6.03. The van der Waals surface area contributed by atoms with E-state index in [0.717, 1.165) is 55.9 Å². The van der Waals surface area contributed by atoms with Crippen molar-refractivity contribution in [2.45, 2.75) is 38.5 Å². The monoisotopic (exact) mass is 383 g/mol. The van der Waals surface area contributed by atoms with Crippen LogP contribution in [0.5, 0.6) is 0 Å². The number of anilines is 1. The van der Waals surface area contributed by atoms with Crippen molar-refractivity contribution < 1.29 is 9.53 Å². The Kier molecular flexibility index (Phi) is 4.39. The number of fused-ring (bicyclic) bond motifs is 2. The van der Waals surface area contributed by atoms with E-state index in [0.29, 0.717) is 11.7 Å². The fraction of sp³-hybridized carbons (Fsp3) is 0.421. The molecule has 0 bridgehead atoms. The Morgan fingerprint density at radius 3 is 3.19 bits per heavy atom. The molecule has 0 saturated carbocycles. The first-order valence-corrected chi connectivity index (χ1v) is 10.1. The third-order valence-electron chi connectivity index (χ3n) is 5.06. The van der Waals surface area contributed by atoms with Gasteiger partial charge in [-0.2, -0.15) is 0 Å². The van der Waals surface area contributed by atoms with Crippen LogP contribution in [-0.4, -0.2) is 44.4 Å². The maximum Gasteiger partial charge on any atom is 0.255 e. The molecular formula is C19H21N5O2S. The molecule has 3 aromatic heterocycles. The highest BCUT2D eigenvalue weighted by Crippen LogP contribution is 2.29. The van der Waals surface area contributed by atoms with Gasteiger partial charge in [-0.1, -0.05) is 6.07 Å². The fourth-order valence-corrected chi connectivity index (χ4v) is 4.75. The van der Waals surface area contributed by atoms with Gasteiger partial charge in [0.05, 0.1) is 11.4 Å². The molecule has 2 aliphatic heterocycles. The number of nitrogens with one attached hydrogen (secondary N) is 1. The molecule has 27 heavy (non-hydrogen) atoms. The normalized spacial score (nSPS) is 20.1. The quantitative estimate of drug-likeness (QED) is 0.749. The molecule has 140 valence electrons. The van der Waals surface area contributed by atoms with Crippen LogP contribution in [0.15, 0.2) is 30.6 Å². The largest absolute Gasteiger partial charge is 0.368 e. The van der Waals surface area contributed by atoms with Gasteiger partial charge in [-0.05, 0) is 25.0 Å². The van der Waals surface area contributed by atoms with E-state index in [-0.39, 0.29) is 12.0 Å². The molecule has 3 aromatic rings. The van der Waals surface area contributed by atoms with Gasteiger partial charge >= 0.3 is 0 Å². The lowest BCUT2D eigenvalue weighted by Crippen LogP contribution is -2.29. The highest BCUT2D eigenvalue weighted by Gasteiger charge is 2.26. The summed E-state index contributed by atoms with van der Waals surface area (Å²) in [5, 5.41) is 3.62.